The lowest BCUT2D eigenvalue weighted by Gasteiger charge is -2.35. The van der Waals surface area contributed by atoms with Gasteiger partial charge in [-0.2, -0.15) is 4.31 Å². The van der Waals surface area contributed by atoms with Crippen LogP contribution in [0.2, 0.25) is 0 Å². The number of anilines is 3. The quantitative estimate of drug-likeness (QED) is 0.426. The predicted octanol–water partition coefficient (Wildman–Crippen LogP) is 3.42. The number of hydrogen-bond acceptors (Lipinski definition) is 9. The molecule has 0 bridgehead atoms. The van der Waals surface area contributed by atoms with E-state index in [1.165, 1.54) is 15.6 Å². The molecule has 0 saturated carbocycles. The van der Waals surface area contributed by atoms with Crippen molar-refractivity contribution in [3.05, 3.63) is 64.7 Å². The van der Waals surface area contributed by atoms with Gasteiger partial charge < -0.3 is 25.0 Å². The Labute approximate surface area is 244 Å². The zero-order valence-electron chi connectivity index (χ0n) is 23.3. The van der Waals surface area contributed by atoms with Crippen LogP contribution in [0, 0.1) is 0 Å². The van der Waals surface area contributed by atoms with Crippen molar-refractivity contribution in [1.82, 2.24) is 14.6 Å². The van der Waals surface area contributed by atoms with Crippen LogP contribution in [-0.2, 0) is 32.3 Å². The van der Waals surface area contributed by atoms with Crippen LogP contribution in [0.15, 0.2) is 53.4 Å². The highest BCUT2D eigenvalue weighted by Gasteiger charge is 2.35. The first kappa shape index (κ1) is 28.1. The van der Waals surface area contributed by atoms with Gasteiger partial charge in [-0.1, -0.05) is 29.5 Å². The molecule has 0 aliphatic carbocycles. The molecule has 0 radical (unpaired) electrons. The lowest BCUT2D eigenvalue weighted by atomic mass is 9.94. The number of aromatic nitrogens is 1. The van der Waals surface area contributed by atoms with Gasteiger partial charge in [-0.15, -0.1) is 0 Å². The fourth-order valence-electron chi connectivity index (χ4n) is 5.55. The van der Waals surface area contributed by atoms with E-state index < -0.39 is 10.0 Å². The number of rotatable bonds is 7. The number of ether oxygens (including phenoxy) is 2. The molecule has 6 rings (SSSR count). The van der Waals surface area contributed by atoms with E-state index in [0.717, 1.165) is 28.5 Å². The van der Waals surface area contributed by atoms with Crippen LogP contribution in [0.4, 0.5) is 16.5 Å². The fourth-order valence-corrected chi connectivity index (χ4v) is 8.08. The molecule has 1 aromatic heterocycles. The van der Waals surface area contributed by atoms with Crippen molar-refractivity contribution in [2.24, 2.45) is 0 Å². The second kappa shape index (κ2) is 11.3. The fraction of sp³-hybridized carbons (Fsp3) is 0.448. The SMILES string of the molecule is CC1(C)Cc2nc(N3CCOCC3Cc3cccc(Nc4cccc(S(=O)(=O)N5CCOCC5)c4)c3)sc2C(=O)N1. The number of amides is 1. The van der Waals surface area contributed by atoms with Crippen molar-refractivity contribution >= 4 is 43.8 Å². The first-order valence-corrected chi connectivity index (χ1v) is 16.1. The van der Waals surface area contributed by atoms with E-state index in [2.05, 4.69) is 27.7 Å². The maximum Gasteiger partial charge on any atom is 0.263 e. The van der Waals surface area contributed by atoms with Crippen LogP contribution in [0.3, 0.4) is 0 Å². The minimum absolute atomic E-state index is 0.0506. The highest BCUT2D eigenvalue weighted by Crippen LogP contribution is 2.34. The van der Waals surface area contributed by atoms with Crippen LogP contribution < -0.4 is 15.5 Å². The third-order valence-electron chi connectivity index (χ3n) is 7.56. The molecule has 10 nitrogen and oxygen atoms in total. The summed E-state index contributed by atoms with van der Waals surface area (Å²) < 4.78 is 38.9. The first-order valence-electron chi connectivity index (χ1n) is 13.9. The Morgan fingerprint density at radius 2 is 1.78 bits per heavy atom. The number of hydrogen-bond donors (Lipinski definition) is 2. The molecule has 41 heavy (non-hydrogen) atoms. The number of fused-ring (bicyclic) bond motifs is 1. The zero-order chi connectivity index (χ0) is 28.6. The van der Waals surface area contributed by atoms with Gasteiger partial charge in [0.1, 0.15) is 4.88 Å². The maximum absolute atomic E-state index is 13.1. The molecule has 12 heteroatoms. The van der Waals surface area contributed by atoms with E-state index in [0.29, 0.717) is 63.0 Å². The summed E-state index contributed by atoms with van der Waals surface area (Å²) in [6, 6.07) is 15.1. The van der Waals surface area contributed by atoms with Gasteiger partial charge in [-0.05, 0) is 56.2 Å². The second-order valence-electron chi connectivity index (χ2n) is 11.3. The lowest BCUT2D eigenvalue weighted by Crippen LogP contribution is -2.48. The standard InChI is InChI=1S/C29H35N5O5S2/c1-29(2)18-25-26(27(35)32-29)40-28(31-25)34-11-14-39-19-23(34)16-20-5-3-6-21(15-20)30-22-7-4-8-24(17-22)41(36,37)33-9-12-38-13-10-33/h3-8,15,17,23,30H,9-14,16,18-19H2,1-2H3,(H,32,35). The summed E-state index contributed by atoms with van der Waals surface area (Å²) >= 11 is 1.46. The number of sulfonamides is 1. The smallest absolute Gasteiger partial charge is 0.263 e. The van der Waals surface area contributed by atoms with E-state index in [1.807, 2.05) is 32.0 Å². The number of carbonyl (C=O) groups is 1. The predicted molar refractivity (Wildman–Crippen MR) is 159 cm³/mol. The van der Waals surface area contributed by atoms with Gasteiger partial charge in [0, 0.05) is 43.0 Å². The summed E-state index contributed by atoms with van der Waals surface area (Å²) in [5.41, 5.74) is 3.25. The number of thiazole rings is 1. The molecule has 1 amide bonds. The summed E-state index contributed by atoms with van der Waals surface area (Å²) in [6.07, 6.45) is 1.45. The van der Waals surface area contributed by atoms with Gasteiger partial charge in [0.15, 0.2) is 5.13 Å². The number of carbonyl (C=O) groups excluding carboxylic acids is 1. The Hall–Kier alpha value is -3.03. The summed E-state index contributed by atoms with van der Waals surface area (Å²) in [5, 5.41) is 7.32. The van der Waals surface area contributed by atoms with Crippen LogP contribution in [-0.4, -0.2) is 81.3 Å². The van der Waals surface area contributed by atoms with Gasteiger partial charge in [0.2, 0.25) is 10.0 Å². The summed E-state index contributed by atoms with van der Waals surface area (Å²) in [4.78, 5) is 20.8. The lowest BCUT2D eigenvalue weighted by molar-refractivity contribution is 0.0730. The normalized spacial score (nSPS) is 21.3. The number of morpholine rings is 2. The van der Waals surface area contributed by atoms with Gasteiger partial charge in [-0.3, -0.25) is 4.79 Å². The number of nitrogens with one attached hydrogen (secondary N) is 2. The molecule has 2 N–H and O–H groups in total. The van der Waals surface area contributed by atoms with Crippen molar-refractivity contribution in [1.29, 1.82) is 0 Å². The van der Waals surface area contributed by atoms with Crippen molar-refractivity contribution in [3.63, 3.8) is 0 Å². The topological polar surface area (TPSA) is 113 Å². The number of benzene rings is 2. The Balaban J connectivity index is 1.17. The molecule has 3 aromatic rings. The van der Waals surface area contributed by atoms with E-state index in [-0.39, 0.29) is 22.4 Å². The third kappa shape index (κ3) is 6.12. The van der Waals surface area contributed by atoms with Gasteiger partial charge in [0.25, 0.3) is 5.91 Å². The van der Waals surface area contributed by atoms with Crippen LogP contribution in [0.25, 0.3) is 0 Å². The highest BCUT2D eigenvalue weighted by atomic mass is 32.2. The van der Waals surface area contributed by atoms with E-state index in [1.54, 1.807) is 18.2 Å². The molecule has 1 unspecified atom stereocenters. The molecule has 3 aliphatic rings. The minimum Gasteiger partial charge on any atom is -0.379 e. The highest BCUT2D eigenvalue weighted by molar-refractivity contribution is 7.89. The van der Waals surface area contributed by atoms with Crippen molar-refractivity contribution in [2.75, 3.05) is 56.3 Å². The van der Waals surface area contributed by atoms with E-state index >= 15 is 0 Å². The molecule has 2 aromatic carbocycles. The Bertz CT molecular complexity index is 1530. The largest absolute Gasteiger partial charge is 0.379 e. The van der Waals surface area contributed by atoms with Crippen LogP contribution in [0.1, 0.15) is 34.8 Å². The number of nitrogens with zero attached hydrogens (tertiary/aromatic N) is 3. The molecule has 2 saturated heterocycles. The van der Waals surface area contributed by atoms with Crippen molar-refractivity contribution in [2.45, 2.75) is 43.2 Å². The zero-order valence-corrected chi connectivity index (χ0v) is 24.9. The van der Waals surface area contributed by atoms with Gasteiger partial charge in [-0.25, -0.2) is 13.4 Å². The molecule has 218 valence electrons. The summed E-state index contributed by atoms with van der Waals surface area (Å²) in [7, 11) is -3.58. The molecule has 1 atom stereocenters. The second-order valence-corrected chi connectivity index (χ2v) is 14.2. The third-order valence-corrected chi connectivity index (χ3v) is 10.6. The Kier molecular flexibility index (Phi) is 7.77. The molecule has 0 spiro atoms. The first-order chi connectivity index (χ1) is 19.7. The monoisotopic (exact) mass is 597 g/mol. The molecule has 3 aliphatic heterocycles. The van der Waals surface area contributed by atoms with E-state index in [9.17, 15) is 13.2 Å². The maximum atomic E-state index is 13.1. The van der Waals surface area contributed by atoms with Crippen LogP contribution >= 0.6 is 11.3 Å². The molecular formula is C29H35N5O5S2. The van der Waals surface area contributed by atoms with Gasteiger partial charge in [0.05, 0.1) is 43.1 Å². The molecule has 2 fully saturated rings. The van der Waals surface area contributed by atoms with Crippen LogP contribution in [0.5, 0.6) is 0 Å². The van der Waals surface area contributed by atoms with E-state index in [4.69, 9.17) is 14.5 Å². The Morgan fingerprint density at radius 3 is 2.59 bits per heavy atom. The van der Waals surface area contributed by atoms with Gasteiger partial charge >= 0.3 is 0 Å². The summed E-state index contributed by atoms with van der Waals surface area (Å²) in [5.74, 6) is -0.0506. The van der Waals surface area contributed by atoms with Crippen molar-refractivity contribution < 1.29 is 22.7 Å². The molecular weight excluding hydrogens is 562 g/mol. The minimum atomic E-state index is -3.58. The Morgan fingerprint density at radius 1 is 1.05 bits per heavy atom. The summed E-state index contributed by atoms with van der Waals surface area (Å²) in [6.45, 7) is 7.47. The van der Waals surface area contributed by atoms with Crippen molar-refractivity contribution in [3.8, 4) is 0 Å². The average molecular weight is 598 g/mol. The molecule has 4 heterocycles. The average Bonchev–Trinajstić information content (AvgIpc) is 3.37.